The number of nitrogens with zero attached hydrogens (tertiary/aromatic N) is 2. The molecule has 1 heterocycles. The van der Waals surface area contributed by atoms with Crippen LogP contribution in [0.15, 0.2) is 30.5 Å². The second-order valence-corrected chi connectivity index (χ2v) is 5.36. The summed E-state index contributed by atoms with van der Waals surface area (Å²) >= 11 is 0. The van der Waals surface area contributed by atoms with E-state index in [9.17, 15) is 9.90 Å². The van der Waals surface area contributed by atoms with Crippen LogP contribution in [-0.2, 0) is 13.0 Å². The maximum absolute atomic E-state index is 11.4. The van der Waals surface area contributed by atoms with E-state index in [0.29, 0.717) is 18.2 Å². The van der Waals surface area contributed by atoms with Gasteiger partial charge in [0.2, 0.25) is 0 Å². The lowest BCUT2D eigenvalue weighted by Crippen LogP contribution is -2.04. The largest absolute Gasteiger partial charge is 0.478 e. The van der Waals surface area contributed by atoms with E-state index in [0.717, 1.165) is 12.0 Å². The van der Waals surface area contributed by atoms with Gasteiger partial charge in [-0.2, -0.15) is 5.10 Å². The Labute approximate surface area is 119 Å². The van der Waals surface area contributed by atoms with E-state index in [4.69, 9.17) is 0 Å². The van der Waals surface area contributed by atoms with Crippen molar-refractivity contribution in [3.63, 3.8) is 0 Å². The van der Waals surface area contributed by atoms with Crippen molar-refractivity contribution in [2.75, 3.05) is 0 Å². The molecule has 0 aliphatic rings. The van der Waals surface area contributed by atoms with Crippen molar-refractivity contribution in [3.05, 3.63) is 41.6 Å². The highest BCUT2D eigenvalue weighted by atomic mass is 16.4. The predicted molar refractivity (Wildman–Crippen MR) is 78.8 cm³/mol. The smallest absolute Gasteiger partial charge is 0.339 e. The Bertz CT molecular complexity index is 597. The average molecular weight is 272 g/mol. The van der Waals surface area contributed by atoms with Gasteiger partial charge in [0.25, 0.3) is 0 Å². The number of carbonyl (C=O) groups is 1. The number of aryl methyl sites for hydroxylation is 1. The molecule has 0 amide bonds. The van der Waals surface area contributed by atoms with E-state index in [2.05, 4.69) is 25.9 Å². The summed E-state index contributed by atoms with van der Waals surface area (Å²) < 4.78 is 1.72. The highest BCUT2D eigenvalue weighted by Crippen LogP contribution is 2.23. The first-order valence-corrected chi connectivity index (χ1v) is 6.91. The lowest BCUT2D eigenvalue weighted by Gasteiger charge is -2.04. The number of benzene rings is 1. The number of hydrogen-bond acceptors (Lipinski definition) is 2. The molecule has 0 aliphatic heterocycles. The first-order valence-electron chi connectivity index (χ1n) is 6.91. The summed E-state index contributed by atoms with van der Waals surface area (Å²) in [5.74, 6) is -0.513. The number of carboxylic acid groups (broad SMARTS) is 1. The summed E-state index contributed by atoms with van der Waals surface area (Å²) in [5.41, 5.74) is 2.88. The third-order valence-electron chi connectivity index (χ3n) is 3.18. The molecule has 0 saturated carbocycles. The van der Waals surface area contributed by atoms with Crippen LogP contribution in [0, 0.1) is 5.92 Å². The van der Waals surface area contributed by atoms with Crippen molar-refractivity contribution in [2.45, 2.75) is 33.7 Å². The highest BCUT2D eigenvalue weighted by molar-refractivity contribution is 5.94. The lowest BCUT2D eigenvalue weighted by atomic mass is 10.1. The Balaban J connectivity index is 2.42. The van der Waals surface area contributed by atoms with Gasteiger partial charge in [-0.15, -0.1) is 0 Å². The quantitative estimate of drug-likeness (QED) is 0.906. The van der Waals surface area contributed by atoms with Crippen LogP contribution >= 0.6 is 0 Å². The Hall–Kier alpha value is -2.10. The second kappa shape index (κ2) is 5.90. The van der Waals surface area contributed by atoms with Crippen LogP contribution in [0.2, 0.25) is 0 Å². The van der Waals surface area contributed by atoms with Crippen LogP contribution in [-0.4, -0.2) is 20.9 Å². The molecule has 0 unspecified atom stereocenters. The Morgan fingerprint density at radius 2 is 1.95 bits per heavy atom. The highest BCUT2D eigenvalue weighted by Gasteiger charge is 2.17. The topological polar surface area (TPSA) is 55.1 Å². The van der Waals surface area contributed by atoms with E-state index in [1.54, 1.807) is 10.9 Å². The van der Waals surface area contributed by atoms with Crippen molar-refractivity contribution >= 4 is 5.97 Å². The predicted octanol–water partition coefficient (Wildman–Crippen LogP) is 3.47. The molecule has 106 valence electrons. The second-order valence-electron chi connectivity index (χ2n) is 5.36. The van der Waals surface area contributed by atoms with Crippen LogP contribution in [0.5, 0.6) is 0 Å². The first kappa shape index (κ1) is 14.3. The van der Waals surface area contributed by atoms with Gasteiger partial charge < -0.3 is 5.11 Å². The van der Waals surface area contributed by atoms with E-state index >= 15 is 0 Å². The van der Waals surface area contributed by atoms with Crippen LogP contribution in [0.3, 0.4) is 0 Å². The van der Waals surface area contributed by atoms with E-state index in [-0.39, 0.29) is 5.56 Å². The number of rotatable bonds is 5. The van der Waals surface area contributed by atoms with Gasteiger partial charge in [-0.3, -0.25) is 4.68 Å². The van der Waals surface area contributed by atoms with Gasteiger partial charge >= 0.3 is 5.97 Å². The third kappa shape index (κ3) is 3.07. The molecule has 20 heavy (non-hydrogen) atoms. The molecular formula is C16H20N2O2. The van der Waals surface area contributed by atoms with E-state index in [1.807, 2.05) is 24.3 Å². The maximum atomic E-state index is 11.4. The van der Waals surface area contributed by atoms with E-state index < -0.39 is 5.97 Å². The number of aromatic carboxylic acids is 1. The SMILES string of the molecule is CCc1ccc(-c2nn(CC(C)C)cc2C(=O)O)cc1. The van der Waals surface area contributed by atoms with Crippen LogP contribution in [0.4, 0.5) is 0 Å². The fraction of sp³-hybridized carbons (Fsp3) is 0.375. The van der Waals surface area contributed by atoms with Gasteiger partial charge in [-0.1, -0.05) is 45.0 Å². The molecule has 0 atom stereocenters. The summed E-state index contributed by atoms with van der Waals surface area (Å²) in [5, 5.41) is 13.8. The van der Waals surface area contributed by atoms with Gasteiger partial charge in [0.05, 0.1) is 0 Å². The monoisotopic (exact) mass is 272 g/mol. The zero-order valence-corrected chi connectivity index (χ0v) is 12.1. The summed E-state index contributed by atoms with van der Waals surface area (Å²) in [6.45, 7) is 6.97. The number of carboxylic acids is 1. The molecule has 0 saturated heterocycles. The summed E-state index contributed by atoms with van der Waals surface area (Å²) in [7, 11) is 0. The molecule has 2 rings (SSSR count). The summed E-state index contributed by atoms with van der Waals surface area (Å²) in [4.78, 5) is 11.4. The average Bonchev–Trinajstić information content (AvgIpc) is 2.82. The first-order chi connectivity index (χ1) is 9.51. The van der Waals surface area contributed by atoms with Crippen molar-refractivity contribution in [1.82, 2.24) is 9.78 Å². The minimum absolute atomic E-state index is 0.259. The standard InChI is InChI=1S/C16H20N2O2/c1-4-12-5-7-13(8-6-12)15-14(16(19)20)10-18(17-15)9-11(2)3/h5-8,10-11H,4,9H2,1-3H3,(H,19,20). The Kier molecular flexibility index (Phi) is 4.23. The van der Waals surface area contributed by atoms with Crippen LogP contribution < -0.4 is 0 Å². The van der Waals surface area contributed by atoms with Gasteiger partial charge in [0, 0.05) is 18.3 Å². The summed E-state index contributed by atoms with van der Waals surface area (Å²) in [6, 6.07) is 7.91. The molecule has 0 spiro atoms. The Morgan fingerprint density at radius 1 is 1.30 bits per heavy atom. The molecule has 1 aromatic carbocycles. The van der Waals surface area contributed by atoms with Gasteiger partial charge in [0.15, 0.2) is 0 Å². The van der Waals surface area contributed by atoms with Crippen LogP contribution in [0.25, 0.3) is 11.3 Å². The lowest BCUT2D eigenvalue weighted by molar-refractivity contribution is 0.0697. The number of aromatic nitrogens is 2. The Morgan fingerprint density at radius 3 is 2.45 bits per heavy atom. The molecule has 2 aromatic rings. The minimum Gasteiger partial charge on any atom is -0.478 e. The zero-order valence-electron chi connectivity index (χ0n) is 12.1. The molecule has 0 fully saturated rings. The summed E-state index contributed by atoms with van der Waals surface area (Å²) in [6.07, 6.45) is 2.58. The number of hydrogen-bond donors (Lipinski definition) is 1. The van der Waals surface area contributed by atoms with Crippen molar-refractivity contribution in [2.24, 2.45) is 5.92 Å². The normalized spacial score (nSPS) is 11.0. The van der Waals surface area contributed by atoms with Gasteiger partial charge in [0.1, 0.15) is 11.3 Å². The molecule has 0 radical (unpaired) electrons. The third-order valence-corrected chi connectivity index (χ3v) is 3.18. The van der Waals surface area contributed by atoms with Crippen LogP contribution in [0.1, 0.15) is 36.7 Å². The zero-order chi connectivity index (χ0) is 14.7. The molecule has 0 aliphatic carbocycles. The fourth-order valence-corrected chi connectivity index (χ4v) is 2.16. The maximum Gasteiger partial charge on any atom is 0.339 e. The molecular weight excluding hydrogens is 252 g/mol. The van der Waals surface area contributed by atoms with E-state index in [1.165, 1.54) is 5.56 Å². The van der Waals surface area contributed by atoms with Crippen molar-refractivity contribution in [3.8, 4) is 11.3 Å². The van der Waals surface area contributed by atoms with Crippen molar-refractivity contribution < 1.29 is 9.90 Å². The van der Waals surface area contributed by atoms with Gasteiger partial charge in [-0.05, 0) is 17.9 Å². The van der Waals surface area contributed by atoms with Crippen molar-refractivity contribution in [1.29, 1.82) is 0 Å². The molecule has 0 bridgehead atoms. The molecule has 4 nitrogen and oxygen atoms in total. The molecule has 1 N–H and O–H groups in total. The van der Waals surface area contributed by atoms with Gasteiger partial charge in [-0.25, -0.2) is 4.79 Å². The minimum atomic E-state index is -0.936. The molecule has 4 heteroatoms. The fourth-order valence-electron chi connectivity index (χ4n) is 2.16. The molecule has 1 aromatic heterocycles.